The molecule has 0 aliphatic carbocycles. The van der Waals surface area contributed by atoms with Crippen molar-refractivity contribution in [3.63, 3.8) is 0 Å². The van der Waals surface area contributed by atoms with Gasteiger partial charge in [-0.05, 0) is 13.3 Å². The first-order valence-electron chi connectivity index (χ1n) is 4.72. The van der Waals surface area contributed by atoms with Crippen molar-refractivity contribution in [1.82, 2.24) is 4.90 Å². The molecule has 0 aromatic rings. The molecule has 0 aromatic carbocycles. The van der Waals surface area contributed by atoms with E-state index >= 15 is 0 Å². The number of aliphatic hydroxyl groups excluding tert-OH is 2. The fourth-order valence-electron chi connectivity index (χ4n) is 1.15. The SMILES string of the molecule is CCC(C)(O)CN(CCO)CCO. The van der Waals surface area contributed by atoms with Gasteiger partial charge in [0, 0.05) is 19.6 Å². The molecule has 0 spiro atoms. The average Bonchev–Trinajstić information content (AvgIpc) is 2.05. The van der Waals surface area contributed by atoms with Crippen LogP contribution in [0.25, 0.3) is 0 Å². The van der Waals surface area contributed by atoms with Gasteiger partial charge >= 0.3 is 0 Å². The smallest absolute Gasteiger partial charge is 0.0743 e. The Morgan fingerprint density at radius 1 is 1.15 bits per heavy atom. The second kappa shape index (κ2) is 6.32. The summed E-state index contributed by atoms with van der Waals surface area (Å²) >= 11 is 0. The molecule has 3 N–H and O–H groups in total. The molecule has 0 bridgehead atoms. The molecule has 0 aliphatic rings. The zero-order valence-electron chi connectivity index (χ0n) is 8.53. The van der Waals surface area contributed by atoms with Crippen LogP contribution in [-0.4, -0.2) is 58.7 Å². The molecule has 0 saturated heterocycles. The first kappa shape index (κ1) is 12.8. The molecule has 4 heteroatoms. The van der Waals surface area contributed by atoms with Gasteiger partial charge in [0.1, 0.15) is 0 Å². The Hall–Kier alpha value is -0.160. The van der Waals surface area contributed by atoms with E-state index in [0.717, 1.165) is 0 Å². The van der Waals surface area contributed by atoms with Crippen molar-refractivity contribution >= 4 is 0 Å². The van der Waals surface area contributed by atoms with Crippen molar-refractivity contribution in [2.45, 2.75) is 25.9 Å². The molecule has 1 atom stereocenters. The van der Waals surface area contributed by atoms with E-state index in [4.69, 9.17) is 10.2 Å². The Bertz CT molecular complexity index is 122. The summed E-state index contributed by atoms with van der Waals surface area (Å²) < 4.78 is 0. The van der Waals surface area contributed by atoms with Gasteiger partial charge in [0.15, 0.2) is 0 Å². The first-order valence-corrected chi connectivity index (χ1v) is 4.72. The predicted molar refractivity (Wildman–Crippen MR) is 51.5 cm³/mol. The maximum atomic E-state index is 9.74. The van der Waals surface area contributed by atoms with E-state index in [2.05, 4.69) is 0 Å². The van der Waals surface area contributed by atoms with Crippen molar-refractivity contribution in [2.24, 2.45) is 0 Å². The second-order valence-electron chi connectivity index (χ2n) is 3.57. The third-order valence-corrected chi connectivity index (χ3v) is 2.16. The van der Waals surface area contributed by atoms with Crippen molar-refractivity contribution in [2.75, 3.05) is 32.8 Å². The van der Waals surface area contributed by atoms with Crippen LogP contribution in [0.2, 0.25) is 0 Å². The summed E-state index contributed by atoms with van der Waals surface area (Å²) in [6.45, 7) is 5.27. The van der Waals surface area contributed by atoms with Crippen molar-refractivity contribution in [1.29, 1.82) is 0 Å². The van der Waals surface area contributed by atoms with Gasteiger partial charge < -0.3 is 15.3 Å². The van der Waals surface area contributed by atoms with Crippen LogP contribution < -0.4 is 0 Å². The van der Waals surface area contributed by atoms with E-state index in [0.29, 0.717) is 26.1 Å². The Kier molecular flexibility index (Phi) is 6.24. The van der Waals surface area contributed by atoms with Gasteiger partial charge in [0.2, 0.25) is 0 Å². The van der Waals surface area contributed by atoms with Crippen LogP contribution in [0, 0.1) is 0 Å². The number of aliphatic hydroxyl groups is 3. The van der Waals surface area contributed by atoms with Gasteiger partial charge in [-0.3, -0.25) is 4.90 Å². The number of rotatable bonds is 7. The van der Waals surface area contributed by atoms with Gasteiger partial charge in [-0.1, -0.05) is 6.92 Å². The highest BCUT2D eigenvalue weighted by Gasteiger charge is 2.20. The normalized spacial score (nSPS) is 16.2. The van der Waals surface area contributed by atoms with E-state index in [-0.39, 0.29) is 13.2 Å². The van der Waals surface area contributed by atoms with Gasteiger partial charge in [0.05, 0.1) is 18.8 Å². The summed E-state index contributed by atoms with van der Waals surface area (Å²) in [5.41, 5.74) is -0.732. The van der Waals surface area contributed by atoms with Gasteiger partial charge in [-0.25, -0.2) is 0 Å². The lowest BCUT2D eigenvalue weighted by Gasteiger charge is -2.29. The van der Waals surface area contributed by atoms with E-state index in [9.17, 15) is 5.11 Å². The van der Waals surface area contributed by atoms with Crippen LogP contribution in [0.4, 0.5) is 0 Å². The third kappa shape index (κ3) is 5.99. The molecular formula is C9H21NO3. The maximum Gasteiger partial charge on any atom is 0.0743 e. The second-order valence-corrected chi connectivity index (χ2v) is 3.57. The van der Waals surface area contributed by atoms with Crippen molar-refractivity contribution < 1.29 is 15.3 Å². The standard InChI is InChI=1S/C9H21NO3/c1-3-9(2,13)8-10(4-6-11)5-7-12/h11-13H,3-8H2,1-2H3. The van der Waals surface area contributed by atoms with Crippen LogP contribution in [0.5, 0.6) is 0 Å². The minimum absolute atomic E-state index is 0.0554. The lowest BCUT2D eigenvalue weighted by Crippen LogP contribution is -2.42. The molecule has 1 unspecified atom stereocenters. The molecule has 4 nitrogen and oxygen atoms in total. The topological polar surface area (TPSA) is 63.9 Å². The summed E-state index contributed by atoms with van der Waals surface area (Å²) in [6, 6.07) is 0. The number of nitrogens with zero attached hydrogens (tertiary/aromatic N) is 1. The van der Waals surface area contributed by atoms with E-state index in [1.807, 2.05) is 11.8 Å². The van der Waals surface area contributed by atoms with Crippen LogP contribution >= 0.6 is 0 Å². The lowest BCUT2D eigenvalue weighted by atomic mass is 10.0. The average molecular weight is 191 g/mol. The maximum absolute atomic E-state index is 9.74. The highest BCUT2D eigenvalue weighted by atomic mass is 16.3. The molecule has 0 heterocycles. The number of hydrogen-bond donors (Lipinski definition) is 3. The highest BCUT2D eigenvalue weighted by Crippen LogP contribution is 2.10. The fraction of sp³-hybridized carbons (Fsp3) is 1.00. The van der Waals surface area contributed by atoms with Crippen molar-refractivity contribution in [3.8, 4) is 0 Å². The molecule has 13 heavy (non-hydrogen) atoms. The van der Waals surface area contributed by atoms with Crippen LogP contribution in [0.3, 0.4) is 0 Å². The van der Waals surface area contributed by atoms with Crippen LogP contribution in [0.1, 0.15) is 20.3 Å². The lowest BCUT2D eigenvalue weighted by molar-refractivity contribution is 0.00796. The van der Waals surface area contributed by atoms with Crippen molar-refractivity contribution in [3.05, 3.63) is 0 Å². The largest absolute Gasteiger partial charge is 0.395 e. The molecule has 0 amide bonds. The fourth-order valence-corrected chi connectivity index (χ4v) is 1.15. The molecule has 80 valence electrons. The predicted octanol–water partition coefficient (Wildman–Crippen LogP) is -0.566. The minimum Gasteiger partial charge on any atom is -0.395 e. The molecule has 0 rings (SSSR count). The van der Waals surface area contributed by atoms with E-state index in [1.165, 1.54) is 0 Å². The summed E-state index contributed by atoms with van der Waals surface area (Å²) in [6.07, 6.45) is 0.667. The minimum atomic E-state index is -0.732. The number of hydrogen-bond acceptors (Lipinski definition) is 4. The summed E-state index contributed by atoms with van der Waals surface area (Å²) in [5, 5.41) is 27.2. The van der Waals surface area contributed by atoms with E-state index in [1.54, 1.807) is 6.92 Å². The Labute approximate surface area is 79.8 Å². The molecule has 0 aliphatic heterocycles. The zero-order valence-corrected chi connectivity index (χ0v) is 8.53. The summed E-state index contributed by atoms with van der Waals surface area (Å²) in [5.74, 6) is 0. The van der Waals surface area contributed by atoms with Gasteiger partial charge in [-0.2, -0.15) is 0 Å². The molecule has 0 aromatic heterocycles. The molecule has 0 saturated carbocycles. The monoisotopic (exact) mass is 191 g/mol. The van der Waals surface area contributed by atoms with Crippen LogP contribution in [0.15, 0.2) is 0 Å². The van der Waals surface area contributed by atoms with Gasteiger partial charge in [0.25, 0.3) is 0 Å². The Morgan fingerprint density at radius 3 is 1.92 bits per heavy atom. The molecular weight excluding hydrogens is 170 g/mol. The highest BCUT2D eigenvalue weighted by molar-refractivity contribution is 4.75. The van der Waals surface area contributed by atoms with Gasteiger partial charge in [-0.15, -0.1) is 0 Å². The first-order chi connectivity index (χ1) is 6.05. The molecule has 0 radical (unpaired) electrons. The third-order valence-electron chi connectivity index (χ3n) is 2.16. The zero-order chi connectivity index (χ0) is 10.3. The Balaban J connectivity index is 3.92. The summed E-state index contributed by atoms with van der Waals surface area (Å²) in [4.78, 5) is 1.85. The van der Waals surface area contributed by atoms with E-state index < -0.39 is 5.60 Å². The molecule has 0 fully saturated rings. The van der Waals surface area contributed by atoms with Crippen LogP contribution in [-0.2, 0) is 0 Å². The summed E-state index contributed by atoms with van der Waals surface area (Å²) in [7, 11) is 0. The quantitative estimate of drug-likeness (QED) is 0.504. The Morgan fingerprint density at radius 2 is 1.62 bits per heavy atom.